The number of sulfonamides is 1. The zero-order valence-corrected chi connectivity index (χ0v) is 16.2. The first-order valence-electron chi connectivity index (χ1n) is 8.85. The number of nitrogens with one attached hydrogen (secondary N) is 1. The van der Waals surface area contributed by atoms with Gasteiger partial charge in [-0.1, -0.05) is 30.3 Å². The lowest BCUT2D eigenvalue weighted by molar-refractivity contribution is 0.0619. The van der Waals surface area contributed by atoms with Crippen molar-refractivity contribution in [2.24, 2.45) is 0 Å². The second kappa shape index (κ2) is 6.45. The molecule has 2 amide bonds. The van der Waals surface area contributed by atoms with E-state index >= 15 is 0 Å². The Bertz CT molecular complexity index is 1250. The van der Waals surface area contributed by atoms with Crippen molar-refractivity contribution in [2.45, 2.75) is 18.7 Å². The van der Waals surface area contributed by atoms with Crippen LogP contribution in [0.15, 0.2) is 59.5 Å². The molecule has 0 aliphatic carbocycles. The predicted molar refractivity (Wildman–Crippen MR) is 107 cm³/mol. The van der Waals surface area contributed by atoms with Crippen LogP contribution in [0.5, 0.6) is 0 Å². The molecule has 0 fully saturated rings. The molecule has 3 aromatic rings. The van der Waals surface area contributed by atoms with Gasteiger partial charge in [0.05, 0.1) is 10.6 Å². The van der Waals surface area contributed by atoms with E-state index in [9.17, 15) is 18.0 Å². The number of aryl methyl sites for hydroxylation is 1. The van der Waals surface area contributed by atoms with Gasteiger partial charge in [-0.15, -0.1) is 0 Å². The molecule has 142 valence electrons. The highest BCUT2D eigenvalue weighted by atomic mass is 32.2. The summed E-state index contributed by atoms with van der Waals surface area (Å²) < 4.78 is 28.6. The van der Waals surface area contributed by atoms with Gasteiger partial charge in [-0.2, -0.15) is 0 Å². The first kappa shape index (κ1) is 18.2. The molecule has 0 radical (unpaired) electrons. The summed E-state index contributed by atoms with van der Waals surface area (Å²) in [6, 6.07) is 14.9. The van der Waals surface area contributed by atoms with Gasteiger partial charge in [0.2, 0.25) is 0 Å². The standard InChI is InChI=1S/C21H18N2O4S/c1-3-23-20(24)16-9-6-8-14-11-15(12-17(19(14)16)21(23)25)28(26,27)22-18-10-5-4-7-13(18)2/h4-12,22H,3H2,1-2H3. The van der Waals surface area contributed by atoms with Crippen LogP contribution < -0.4 is 4.72 Å². The highest BCUT2D eigenvalue weighted by molar-refractivity contribution is 7.92. The number of hydrogen-bond donors (Lipinski definition) is 1. The third-order valence-corrected chi connectivity index (χ3v) is 6.26. The molecule has 3 aromatic carbocycles. The fourth-order valence-corrected chi connectivity index (χ4v) is 4.66. The minimum atomic E-state index is -3.92. The maximum absolute atomic E-state index is 13.0. The van der Waals surface area contributed by atoms with E-state index in [4.69, 9.17) is 0 Å². The molecule has 0 bridgehead atoms. The lowest BCUT2D eigenvalue weighted by atomic mass is 9.94. The van der Waals surface area contributed by atoms with Crippen molar-refractivity contribution in [2.75, 3.05) is 11.3 Å². The molecule has 0 saturated heterocycles. The van der Waals surface area contributed by atoms with Crippen molar-refractivity contribution in [3.8, 4) is 0 Å². The zero-order chi connectivity index (χ0) is 20.1. The molecule has 0 aromatic heterocycles. The van der Waals surface area contributed by atoms with E-state index in [-0.39, 0.29) is 22.9 Å². The zero-order valence-electron chi connectivity index (χ0n) is 15.4. The summed E-state index contributed by atoms with van der Waals surface area (Å²) in [7, 11) is -3.92. The monoisotopic (exact) mass is 394 g/mol. The van der Waals surface area contributed by atoms with Gasteiger partial charge in [0.15, 0.2) is 0 Å². The van der Waals surface area contributed by atoms with Crippen LogP contribution in [0.2, 0.25) is 0 Å². The van der Waals surface area contributed by atoms with Crippen LogP contribution in [0.3, 0.4) is 0 Å². The molecule has 1 aliphatic rings. The third kappa shape index (κ3) is 2.75. The van der Waals surface area contributed by atoms with Gasteiger partial charge in [-0.25, -0.2) is 8.42 Å². The van der Waals surface area contributed by atoms with Crippen molar-refractivity contribution in [3.63, 3.8) is 0 Å². The van der Waals surface area contributed by atoms with E-state index < -0.39 is 15.9 Å². The quantitative estimate of drug-likeness (QED) is 0.686. The Morgan fingerprint density at radius 3 is 2.36 bits per heavy atom. The number of benzene rings is 3. The predicted octanol–water partition coefficient (Wildman–Crippen LogP) is 3.56. The Labute approximate surface area is 162 Å². The fourth-order valence-electron chi connectivity index (χ4n) is 3.46. The second-order valence-electron chi connectivity index (χ2n) is 6.65. The number of carbonyl (C=O) groups is 2. The molecule has 1 aliphatic heterocycles. The molecule has 7 heteroatoms. The summed E-state index contributed by atoms with van der Waals surface area (Å²) >= 11 is 0. The Morgan fingerprint density at radius 1 is 0.929 bits per heavy atom. The van der Waals surface area contributed by atoms with E-state index in [1.54, 1.807) is 37.3 Å². The Hall–Kier alpha value is -3.19. The van der Waals surface area contributed by atoms with E-state index in [0.717, 1.165) is 10.5 Å². The van der Waals surface area contributed by atoms with Crippen LogP contribution in [-0.4, -0.2) is 31.7 Å². The summed E-state index contributed by atoms with van der Waals surface area (Å²) in [6.07, 6.45) is 0. The largest absolute Gasteiger partial charge is 0.279 e. The third-order valence-electron chi connectivity index (χ3n) is 4.92. The van der Waals surface area contributed by atoms with E-state index in [1.165, 1.54) is 12.1 Å². The molecule has 0 saturated carbocycles. The van der Waals surface area contributed by atoms with Crippen LogP contribution in [0.1, 0.15) is 33.2 Å². The lowest BCUT2D eigenvalue weighted by Crippen LogP contribution is -2.40. The van der Waals surface area contributed by atoms with Crippen LogP contribution >= 0.6 is 0 Å². The maximum Gasteiger partial charge on any atom is 0.261 e. The number of amides is 2. The van der Waals surface area contributed by atoms with E-state index in [1.807, 2.05) is 19.1 Å². The smallest absolute Gasteiger partial charge is 0.261 e. The molecule has 1 N–H and O–H groups in total. The van der Waals surface area contributed by atoms with Gasteiger partial charge < -0.3 is 0 Å². The number of anilines is 1. The van der Waals surface area contributed by atoms with Gasteiger partial charge in [0.1, 0.15) is 0 Å². The van der Waals surface area contributed by atoms with Gasteiger partial charge in [0.25, 0.3) is 21.8 Å². The summed E-state index contributed by atoms with van der Waals surface area (Å²) in [6.45, 7) is 3.73. The lowest BCUT2D eigenvalue weighted by Gasteiger charge is -2.26. The van der Waals surface area contributed by atoms with Crippen LogP contribution in [0.25, 0.3) is 10.8 Å². The molecule has 1 heterocycles. The number of rotatable bonds is 4. The average molecular weight is 394 g/mol. The molecule has 4 rings (SSSR count). The number of nitrogens with zero attached hydrogens (tertiary/aromatic N) is 1. The fraction of sp³-hybridized carbons (Fsp3) is 0.143. The van der Waals surface area contributed by atoms with Crippen LogP contribution in [-0.2, 0) is 10.0 Å². The molecule has 28 heavy (non-hydrogen) atoms. The summed E-state index contributed by atoms with van der Waals surface area (Å²) in [5.41, 5.74) is 1.89. The number of imide groups is 1. The summed E-state index contributed by atoms with van der Waals surface area (Å²) in [5, 5.41) is 1.04. The maximum atomic E-state index is 13.0. The van der Waals surface area contributed by atoms with E-state index in [0.29, 0.717) is 22.0 Å². The van der Waals surface area contributed by atoms with E-state index in [2.05, 4.69) is 4.72 Å². The molecule has 0 atom stereocenters. The van der Waals surface area contributed by atoms with Crippen molar-refractivity contribution < 1.29 is 18.0 Å². The number of carbonyl (C=O) groups excluding carboxylic acids is 2. The molecular weight excluding hydrogens is 376 g/mol. The summed E-state index contributed by atoms with van der Waals surface area (Å²) in [5.74, 6) is -0.844. The first-order valence-corrected chi connectivity index (χ1v) is 10.3. The molecule has 6 nitrogen and oxygen atoms in total. The second-order valence-corrected chi connectivity index (χ2v) is 8.33. The Kier molecular flexibility index (Phi) is 4.19. The van der Waals surface area contributed by atoms with Crippen molar-refractivity contribution in [3.05, 3.63) is 71.3 Å². The SMILES string of the molecule is CCN1C(=O)c2cccc3cc(S(=O)(=O)Nc4ccccc4C)cc(c23)C1=O. The van der Waals surface area contributed by atoms with Crippen molar-refractivity contribution in [1.82, 2.24) is 4.90 Å². The van der Waals surface area contributed by atoms with Gasteiger partial charge in [0, 0.05) is 23.1 Å². The average Bonchev–Trinajstić information content (AvgIpc) is 2.67. The topological polar surface area (TPSA) is 83.6 Å². The van der Waals surface area contributed by atoms with Gasteiger partial charge >= 0.3 is 0 Å². The normalized spacial score (nSPS) is 13.9. The molecule has 0 spiro atoms. The van der Waals surface area contributed by atoms with Gasteiger partial charge in [-0.3, -0.25) is 19.2 Å². The number of hydrogen-bond acceptors (Lipinski definition) is 4. The Morgan fingerprint density at radius 2 is 1.64 bits per heavy atom. The molecular formula is C21H18N2O4S. The van der Waals surface area contributed by atoms with Gasteiger partial charge in [-0.05, 0) is 49.1 Å². The Balaban J connectivity index is 1.91. The summed E-state index contributed by atoms with van der Waals surface area (Å²) in [4.78, 5) is 26.5. The first-order chi connectivity index (χ1) is 13.3. The van der Waals surface area contributed by atoms with Crippen LogP contribution in [0.4, 0.5) is 5.69 Å². The minimum absolute atomic E-state index is 0.0193. The molecule has 0 unspecified atom stereocenters. The highest BCUT2D eigenvalue weighted by Gasteiger charge is 2.33. The highest BCUT2D eigenvalue weighted by Crippen LogP contribution is 2.33. The minimum Gasteiger partial charge on any atom is -0.279 e. The van der Waals surface area contributed by atoms with Crippen molar-refractivity contribution in [1.29, 1.82) is 0 Å². The van der Waals surface area contributed by atoms with Crippen molar-refractivity contribution >= 4 is 38.3 Å². The number of para-hydroxylation sites is 1. The van der Waals surface area contributed by atoms with Crippen LogP contribution in [0, 0.1) is 6.92 Å².